The minimum absolute atomic E-state index is 0.733. The van der Waals surface area contributed by atoms with Crippen molar-refractivity contribution < 1.29 is 5.21 Å². The highest BCUT2D eigenvalue weighted by molar-refractivity contribution is 5.92. The first-order chi connectivity index (χ1) is 7.86. The van der Waals surface area contributed by atoms with Crippen LogP contribution in [0.25, 0.3) is 22.2 Å². The highest BCUT2D eigenvalue weighted by Crippen LogP contribution is 2.27. The van der Waals surface area contributed by atoms with Crippen LogP contribution in [0.15, 0.2) is 54.6 Å². The van der Waals surface area contributed by atoms with Crippen LogP contribution < -0.4 is 0 Å². The molecular weight excluding hydrogens is 200 g/mol. The van der Waals surface area contributed by atoms with Gasteiger partial charge in [0.1, 0.15) is 5.69 Å². The van der Waals surface area contributed by atoms with Gasteiger partial charge in [-0.15, -0.1) is 9.94 Å². The predicted octanol–water partition coefficient (Wildman–Crippen LogP) is 2.94. The van der Waals surface area contributed by atoms with Crippen molar-refractivity contribution in [3.05, 3.63) is 54.6 Å². The van der Waals surface area contributed by atoms with E-state index in [-0.39, 0.29) is 0 Å². The molecule has 0 saturated carbocycles. The number of hydrogen-bond donors (Lipinski definition) is 1. The molecule has 1 N–H and O–H groups in total. The Morgan fingerprint density at radius 1 is 0.875 bits per heavy atom. The molecule has 0 fully saturated rings. The molecule has 0 bridgehead atoms. The summed E-state index contributed by atoms with van der Waals surface area (Å²) in [4.78, 5) is 0.944. The van der Waals surface area contributed by atoms with Gasteiger partial charge in [-0.2, -0.15) is 0 Å². The topological polar surface area (TPSA) is 38.0 Å². The van der Waals surface area contributed by atoms with Crippen LogP contribution in [0.1, 0.15) is 0 Å². The molecule has 0 atom stereocenters. The minimum Gasteiger partial charge on any atom is -0.411 e. The summed E-state index contributed by atoms with van der Waals surface area (Å²) in [6.07, 6.45) is 0. The van der Waals surface area contributed by atoms with Gasteiger partial charge in [0, 0.05) is 10.9 Å². The zero-order valence-electron chi connectivity index (χ0n) is 8.54. The van der Waals surface area contributed by atoms with E-state index in [2.05, 4.69) is 5.10 Å². The van der Waals surface area contributed by atoms with Crippen molar-refractivity contribution >= 4 is 10.9 Å². The van der Waals surface area contributed by atoms with Crippen LogP contribution in [0.5, 0.6) is 0 Å². The first-order valence-corrected chi connectivity index (χ1v) is 5.09. The molecule has 0 saturated heterocycles. The van der Waals surface area contributed by atoms with Crippen LogP contribution in [0, 0.1) is 0 Å². The van der Waals surface area contributed by atoms with Crippen molar-refractivity contribution in [3.63, 3.8) is 0 Å². The molecule has 1 heterocycles. The standard InChI is InChI=1S/C13H10N2O/c16-15-13(10-6-2-1-3-7-10)11-8-4-5-9-12(11)14-15/h1-9,16H. The fourth-order valence-corrected chi connectivity index (χ4v) is 1.89. The lowest BCUT2D eigenvalue weighted by atomic mass is 10.1. The summed E-state index contributed by atoms with van der Waals surface area (Å²) >= 11 is 0. The van der Waals surface area contributed by atoms with Gasteiger partial charge in [-0.05, 0) is 6.07 Å². The van der Waals surface area contributed by atoms with E-state index in [9.17, 15) is 5.21 Å². The molecule has 0 unspecified atom stereocenters. The first kappa shape index (κ1) is 8.97. The number of fused-ring (bicyclic) bond motifs is 1. The summed E-state index contributed by atoms with van der Waals surface area (Å²) in [5.74, 6) is 0. The summed E-state index contributed by atoms with van der Waals surface area (Å²) < 4.78 is 0. The summed E-state index contributed by atoms with van der Waals surface area (Å²) in [6, 6.07) is 17.4. The molecule has 1 aromatic heterocycles. The third kappa shape index (κ3) is 1.26. The summed E-state index contributed by atoms with van der Waals surface area (Å²) in [6.45, 7) is 0. The van der Waals surface area contributed by atoms with Crippen molar-refractivity contribution in [1.82, 2.24) is 9.94 Å². The SMILES string of the molecule is On1nc2ccccc2c1-c1ccccc1. The van der Waals surface area contributed by atoms with Crippen molar-refractivity contribution in [1.29, 1.82) is 0 Å². The van der Waals surface area contributed by atoms with E-state index in [1.807, 2.05) is 54.6 Å². The van der Waals surface area contributed by atoms with Gasteiger partial charge < -0.3 is 5.21 Å². The number of rotatable bonds is 1. The van der Waals surface area contributed by atoms with Crippen LogP contribution in [-0.2, 0) is 0 Å². The fourth-order valence-electron chi connectivity index (χ4n) is 1.89. The zero-order chi connectivity index (χ0) is 11.0. The quantitative estimate of drug-likeness (QED) is 0.627. The molecule has 3 rings (SSSR count). The van der Waals surface area contributed by atoms with Crippen LogP contribution >= 0.6 is 0 Å². The van der Waals surface area contributed by atoms with E-state index in [0.717, 1.165) is 27.0 Å². The third-order valence-electron chi connectivity index (χ3n) is 2.61. The molecule has 0 radical (unpaired) electrons. The molecule has 0 amide bonds. The van der Waals surface area contributed by atoms with Crippen LogP contribution in [0.3, 0.4) is 0 Å². The molecule has 3 nitrogen and oxygen atoms in total. The monoisotopic (exact) mass is 210 g/mol. The molecule has 0 aliphatic carbocycles. The second-order valence-corrected chi connectivity index (χ2v) is 3.62. The lowest BCUT2D eigenvalue weighted by Gasteiger charge is -2.00. The Labute approximate surface area is 92.5 Å². The maximum atomic E-state index is 9.79. The lowest BCUT2D eigenvalue weighted by molar-refractivity contribution is 0.155. The van der Waals surface area contributed by atoms with Gasteiger partial charge in [0.2, 0.25) is 0 Å². The number of nitrogens with zero attached hydrogens (tertiary/aromatic N) is 2. The average molecular weight is 210 g/mol. The zero-order valence-corrected chi connectivity index (χ0v) is 8.54. The molecule has 3 aromatic rings. The molecule has 0 spiro atoms. The van der Waals surface area contributed by atoms with E-state index in [0.29, 0.717) is 0 Å². The van der Waals surface area contributed by atoms with Gasteiger partial charge in [0.05, 0.1) is 5.52 Å². The fraction of sp³-hybridized carbons (Fsp3) is 0. The van der Waals surface area contributed by atoms with Crippen LogP contribution in [0.2, 0.25) is 0 Å². The van der Waals surface area contributed by atoms with Crippen LogP contribution in [-0.4, -0.2) is 15.2 Å². The molecule has 2 aromatic carbocycles. The predicted molar refractivity (Wildman–Crippen MR) is 62.4 cm³/mol. The number of aromatic nitrogens is 2. The largest absolute Gasteiger partial charge is 0.411 e. The molecule has 3 heteroatoms. The van der Waals surface area contributed by atoms with E-state index < -0.39 is 0 Å². The van der Waals surface area contributed by atoms with Gasteiger partial charge in [0.25, 0.3) is 0 Å². The van der Waals surface area contributed by atoms with Gasteiger partial charge in [-0.1, -0.05) is 48.5 Å². The highest BCUT2D eigenvalue weighted by atomic mass is 16.5. The van der Waals surface area contributed by atoms with Gasteiger partial charge >= 0.3 is 0 Å². The van der Waals surface area contributed by atoms with Crippen molar-refractivity contribution in [2.75, 3.05) is 0 Å². The maximum Gasteiger partial charge on any atom is 0.118 e. The Morgan fingerprint density at radius 2 is 1.56 bits per heavy atom. The summed E-state index contributed by atoms with van der Waals surface area (Å²) in [7, 11) is 0. The smallest absolute Gasteiger partial charge is 0.118 e. The van der Waals surface area contributed by atoms with Crippen LogP contribution in [0.4, 0.5) is 0 Å². The highest BCUT2D eigenvalue weighted by Gasteiger charge is 2.11. The van der Waals surface area contributed by atoms with Crippen molar-refractivity contribution in [2.45, 2.75) is 0 Å². The minimum atomic E-state index is 0.733. The summed E-state index contributed by atoms with van der Waals surface area (Å²) in [5.41, 5.74) is 2.48. The Balaban J connectivity index is 2.35. The van der Waals surface area contributed by atoms with E-state index in [1.54, 1.807) is 0 Å². The molecular formula is C13H10N2O. The Hall–Kier alpha value is -2.29. The van der Waals surface area contributed by atoms with Gasteiger partial charge in [0.15, 0.2) is 0 Å². The average Bonchev–Trinajstić information content (AvgIpc) is 2.66. The number of benzene rings is 2. The normalized spacial score (nSPS) is 10.8. The van der Waals surface area contributed by atoms with E-state index in [1.165, 1.54) is 0 Å². The Kier molecular flexibility index (Phi) is 1.90. The Morgan fingerprint density at radius 3 is 2.38 bits per heavy atom. The summed E-state index contributed by atoms with van der Waals surface area (Å²) in [5, 5.41) is 14.8. The Bertz CT molecular complexity index is 629. The second-order valence-electron chi connectivity index (χ2n) is 3.62. The lowest BCUT2D eigenvalue weighted by Crippen LogP contribution is -1.94. The van der Waals surface area contributed by atoms with Gasteiger partial charge in [-0.3, -0.25) is 0 Å². The second kappa shape index (κ2) is 3.38. The van der Waals surface area contributed by atoms with E-state index in [4.69, 9.17) is 0 Å². The molecule has 78 valence electrons. The number of hydrogen-bond acceptors (Lipinski definition) is 2. The molecule has 0 aliphatic rings. The molecule has 0 aliphatic heterocycles. The maximum absolute atomic E-state index is 9.79. The third-order valence-corrected chi connectivity index (χ3v) is 2.61. The van der Waals surface area contributed by atoms with Crippen molar-refractivity contribution in [3.8, 4) is 11.3 Å². The van der Waals surface area contributed by atoms with Crippen molar-refractivity contribution in [2.24, 2.45) is 0 Å². The van der Waals surface area contributed by atoms with Gasteiger partial charge in [-0.25, -0.2) is 0 Å². The molecule has 16 heavy (non-hydrogen) atoms. The first-order valence-electron chi connectivity index (χ1n) is 5.09. The van der Waals surface area contributed by atoms with E-state index >= 15 is 0 Å².